The lowest BCUT2D eigenvalue weighted by atomic mass is 9.95. The lowest BCUT2D eigenvalue weighted by Crippen LogP contribution is -2.14. The number of nitriles is 1. The monoisotopic (exact) mass is 225 g/mol. The van der Waals surface area contributed by atoms with Crippen molar-refractivity contribution in [1.29, 1.82) is 5.26 Å². The molecular formula is C14H15N3. The molecule has 1 aromatic heterocycles. The van der Waals surface area contributed by atoms with Crippen LogP contribution in [0.2, 0.25) is 0 Å². The first-order valence-corrected chi connectivity index (χ1v) is 6.27. The van der Waals surface area contributed by atoms with Crippen LogP contribution in [0.1, 0.15) is 44.0 Å². The summed E-state index contributed by atoms with van der Waals surface area (Å²) in [4.78, 5) is 4.41. The molecule has 0 bridgehead atoms. The molecule has 0 spiro atoms. The second-order valence-electron chi connectivity index (χ2n) is 4.70. The molecule has 1 fully saturated rings. The van der Waals surface area contributed by atoms with E-state index < -0.39 is 0 Å². The highest BCUT2D eigenvalue weighted by molar-refractivity contribution is 5.76. The third-order valence-corrected chi connectivity index (χ3v) is 3.64. The van der Waals surface area contributed by atoms with Crippen LogP contribution in [0.25, 0.3) is 11.0 Å². The summed E-state index contributed by atoms with van der Waals surface area (Å²) in [5.41, 5.74) is 2.05. The minimum Gasteiger partial charge on any atom is -0.312 e. The predicted molar refractivity (Wildman–Crippen MR) is 66.6 cm³/mol. The molecule has 0 amide bonds. The first kappa shape index (κ1) is 10.3. The Labute approximate surface area is 101 Å². The van der Waals surface area contributed by atoms with Crippen LogP contribution in [0, 0.1) is 11.3 Å². The van der Waals surface area contributed by atoms with E-state index in [9.17, 15) is 5.26 Å². The minimum atomic E-state index is 0.464. The van der Waals surface area contributed by atoms with Crippen molar-refractivity contribution in [3.05, 3.63) is 30.1 Å². The van der Waals surface area contributed by atoms with E-state index in [1.807, 2.05) is 18.2 Å². The Hall–Kier alpha value is -1.82. The summed E-state index contributed by atoms with van der Waals surface area (Å²) in [6, 6.07) is 10.7. The number of imidazole rings is 1. The van der Waals surface area contributed by atoms with Gasteiger partial charge < -0.3 is 4.57 Å². The maximum Gasteiger partial charge on any atom is 0.214 e. The summed E-state index contributed by atoms with van der Waals surface area (Å²) in [6.07, 6.45) is 6.21. The van der Waals surface area contributed by atoms with E-state index in [1.54, 1.807) is 0 Å². The molecule has 1 heterocycles. The van der Waals surface area contributed by atoms with Crippen molar-refractivity contribution in [1.82, 2.24) is 9.55 Å². The molecule has 1 saturated carbocycles. The standard InChI is InChI=1S/C14H15N3/c15-10-14-16-12-8-4-5-9-13(12)17(14)11-6-2-1-3-7-11/h4-5,8-9,11H,1-3,6-7H2. The fourth-order valence-corrected chi connectivity index (χ4v) is 2.83. The molecule has 3 nitrogen and oxygen atoms in total. The Morgan fingerprint density at radius 2 is 1.94 bits per heavy atom. The van der Waals surface area contributed by atoms with Gasteiger partial charge in [-0.25, -0.2) is 4.98 Å². The summed E-state index contributed by atoms with van der Waals surface area (Å²) >= 11 is 0. The van der Waals surface area contributed by atoms with Crippen LogP contribution in [-0.2, 0) is 0 Å². The second-order valence-corrected chi connectivity index (χ2v) is 4.70. The van der Waals surface area contributed by atoms with Gasteiger partial charge in [-0.1, -0.05) is 31.4 Å². The molecule has 0 atom stereocenters. The van der Waals surface area contributed by atoms with Gasteiger partial charge in [0.1, 0.15) is 6.07 Å². The van der Waals surface area contributed by atoms with E-state index in [2.05, 4.69) is 21.7 Å². The maximum atomic E-state index is 9.22. The Morgan fingerprint density at radius 1 is 1.18 bits per heavy atom. The van der Waals surface area contributed by atoms with E-state index in [4.69, 9.17) is 0 Å². The smallest absolute Gasteiger partial charge is 0.214 e. The van der Waals surface area contributed by atoms with Gasteiger partial charge in [-0.15, -0.1) is 0 Å². The Kier molecular flexibility index (Phi) is 2.56. The highest BCUT2D eigenvalue weighted by atomic mass is 15.1. The van der Waals surface area contributed by atoms with Crippen LogP contribution in [0.3, 0.4) is 0 Å². The van der Waals surface area contributed by atoms with Gasteiger partial charge in [0, 0.05) is 6.04 Å². The molecule has 3 rings (SSSR count). The van der Waals surface area contributed by atoms with Crippen LogP contribution >= 0.6 is 0 Å². The number of hydrogen-bond acceptors (Lipinski definition) is 2. The minimum absolute atomic E-state index is 0.464. The summed E-state index contributed by atoms with van der Waals surface area (Å²) in [7, 11) is 0. The second kappa shape index (κ2) is 4.21. The van der Waals surface area contributed by atoms with Gasteiger partial charge in [0.05, 0.1) is 11.0 Å². The average Bonchev–Trinajstić information content (AvgIpc) is 2.78. The summed E-state index contributed by atoms with van der Waals surface area (Å²) in [5.74, 6) is 0.568. The summed E-state index contributed by atoms with van der Waals surface area (Å²) in [5, 5.41) is 9.22. The highest BCUT2D eigenvalue weighted by Gasteiger charge is 2.20. The molecule has 0 radical (unpaired) electrons. The predicted octanol–water partition coefficient (Wildman–Crippen LogP) is 3.41. The first-order valence-electron chi connectivity index (χ1n) is 6.27. The largest absolute Gasteiger partial charge is 0.312 e. The van der Waals surface area contributed by atoms with E-state index in [-0.39, 0.29) is 0 Å². The molecule has 1 aliphatic rings. The van der Waals surface area contributed by atoms with Crippen LogP contribution in [0.4, 0.5) is 0 Å². The third-order valence-electron chi connectivity index (χ3n) is 3.64. The molecular weight excluding hydrogens is 210 g/mol. The number of hydrogen-bond donors (Lipinski definition) is 0. The Bertz CT molecular complexity index is 571. The summed E-state index contributed by atoms with van der Waals surface area (Å²) in [6.45, 7) is 0. The fraction of sp³-hybridized carbons (Fsp3) is 0.429. The van der Waals surface area contributed by atoms with Crippen molar-refractivity contribution in [3.8, 4) is 6.07 Å². The van der Waals surface area contributed by atoms with Crippen LogP contribution in [0.15, 0.2) is 24.3 Å². The maximum absolute atomic E-state index is 9.22. The van der Waals surface area contributed by atoms with Gasteiger partial charge in [0.15, 0.2) is 0 Å². The average molecular weight is 225 g/mol. The molecule has 0 saturated heterocycles. The topological polar surface area (TPSA) is 41.6 Å². The number of nitrogens with zero attached hydrogens (tertiary/aromatic N) is 3. The fourth-order valence-electron chi connectivity index (χ4n) is 2.83. The van der Waals surface area contributed by atoms with E-state index in [0.29, 0.717) is 11.9 Å². The number of para-hydroxylation sites is 2. The van der Waals surface area contributed by atoms with Gasteiger partial charge in [0.2, 0.25) is 5.82 Å². The van der Waals surface area contributed by atoms with Crippen LogP contribution in [-0.4, -0.2) is 9.55 Å². The first-order chi connectivity index (χ1) is 8.40. The normalized spacial score (nSPS) is 17.1. The zero-order chi connectivity index (χ0) is 11.7. The Morgan fingerprint density at radius 3 is 2.71 bits per heavy atom. The van der Waals surface area contributed by atoms with Crippen molar-refractivity contribution in [3.63, 3.8) is 0 Å². The number of benzene rings is 1. The number of aromatic nitrogens is 2. The molecule has 3 heteroatoms. The molecule has 0 aliphatic heterocycles. The molecule has 86 valence electrons. The molecule has 1 aliphatic carbocycles. The Balaban J connectivity index is 2.15. The van der Waals surface area contributed by atoms with Gasteiger partial charge in [0.25, 0.3) is 0 Å². The SMILES string of the molecule is N#Cc1nc2ccccc2n1C1CCCCC1. The molecule has 0 unspecified atom stereocenters. The van der Waals surface area contributed by atoms with Crippen molar-refractivity contribution < 1.29 is 0 Å². The third kappa shape index (κ3) is 1.70. The van der Waals surface area contributed by atoms with Gasteiger partial charge in [-0.2, -0.15) is 5.26 Å². The van der Waals surface area contributed by atoms with Gasteiger partial charge in [-0.3, -0.25) is 0 Å². The van der Waals surface area contributed by atoms with Crippen molar-refractivity contribution in [2.45, 2.75) is 38.1 Å². The zero-order valence-corrected chi connectivity index (χ0v) is 9.76. The van der Waals surface area contributed by atoms with Crippen molar-refractivity contribution >= 4 is 11.0 Å². The number of rotatable bonds is 1. The van der Waals surface area contributed by atoms with Gasteiger partial charge >= 0.3 is 0 Å². The quantitative estimate of drug-likeness (QED) is 0.746. The van der Waals surface area contributed by atoms with Gasteiger partial charge in [-0.05, 0) is 25.0 Å². The summed E-state index contributed by atoms with van der Waals surface area (Å²) < 4.78 is 2.15. The van der Waals surface area contributed by atoms with Crippen molar-refractivity contribution in [2.24, 2.45) is 0 Å². The van der Waals surface area contributed by atoms with E-state index in [1.165, 1.54) is 32.1 Å². The lowest BCUT2D eigenvalue weighted by molar-refractivity contribution is 0.357. The lowest BCUT2D eigenvalue weighted by Gasteiger charge is -2.24. The molecule has 1 aromatic carbocycles. The van der Waals surface area contributed by atoms with Crippen LogP contribution in [0.5, 0.6) is 0 Å². The highest BCUT2D eigenvalue weighted by Crippen LogP contribution is 2.32. The van der Waals surface area contributed by atoms with E-state index in [0.717, 1.165) is 11.0 Å². The number of fused-ring (bicyclic) bond motifs is 1. The molecule has 17 heavy (non-hydrogen) atoms. The molecule has 0 N–H and O–H groups in total. The zero-order valence-electron chi connectivity index (χ0n) is 9.76. The van der Waals surface area contributed by atoms with Crippen molar-refractivity contribution in [2.75, 3.05) is 0 Å². The van der Waals surface area contributed by atoms with Crippen LogP contribution < -0.4 is 0 Å². The van der Waals surface area contributed by atoms with E-state index >= 15 is 0 Å². The molecule has 2 aromatic rings.